The van der Waals surface area contributed by atoms with Gasteiger partial charge in [0.25, 0.3) is 0 Å². The highest BCUT2D eigenvalue weighted by Gasteiger charge is 2.03. The van der Waals surface area contributed by atoms with Crippen molar-refractivity contribution in [1.29, 1.82) is 0 Å². The molecule has 0 fully saturated rings. The highest BCUT2D eigenvalue weighted by molar-refractivity contribution is 6.35. The Bertz CT molecular complexity index is 482. The third-order valence-electron chi connectivity index (χ3n) is 2.03. The lowest BCUT2D eigenvalue weighted by Gasteiger charge is -2.10. The summed E-state index contributed by atoms with van der Waals surface area (Å²) >= 11 is 6.07. The molecule has 15 heavy (non-hydrogen) atoms. The molecule has 1 heterocycles. The maximum Gasteiger partial charge on any atom is 0.120 e. The first kappa shape index (κ1) is 10.2. The van der Waals surface area contributed by atoms with Gasteiger partial charge in [0.15, 0.2) is 0 Å². The minimum absolute atomic E-state index is 0.165. The molecule has 0 aliphatic rings. The van der Waals surface area contributed by atoms with Gasteiger partial charge in [0.1, 0.15) is 5.75 Å². The van der Waals surface area contributed by atoms with Gasteiger partial charge < -0.3 is 4.74 Å². The largest absolute Gasteiger partial charge is 0.491 e. The van der Waals surface area contributed by atoms with Crippen molar-refractivity contribution in [3.8, 4) is 5.75 Å². The van der Waals surface area contributed by atoms with Crippen molar-refractivity contribution in [3.05, 3.63) is 35.5 Å². The molecule has 1 aromatic carbocycles. The lowest BCUT2D eigenvalue weighted by molar-refractivity contribution is 0.243. The van der Waals surface area contributed by atoms with Gasteiger partial charge in [-0.05, 0) is 38.1 Å². The smallest absolute Gasteiger partial charge is 0.120 e. The lowest BCUT2D eigenvalue weighted by atomic mass is 10.2. The Morgan fingerprint density at radius 2 is 2.07 bits per heavy atom. The molecule has 0 aliphatic carbocycles. The second kappa shape index (κ2) is 4.07. The molecule has 0 N–H and O–H groups in total. The van der Waals surface area contributed by atoms with Crippen LogP contribution >= 0.6 is 11.6 Å². The van der Waals surface area contributed by atoms with Crippen LogP contribution in [-0.2, 0) is 0 Å². The molecule has 2 nitrogen and oxygen atoms in total. The number of benzene rings is 1. The van der Waals surface area contributed by atoms with Crippen LogP contribution in [0.2, 0.25) is 5.02 Å². The molecule has 0 unspecified atom stereocenters. The number of halogens is 1. The van der Waals surface area contributed by atoms with E-state index in [-0.39, 0.29) is 6.10 Å². The van der Waals surface area contributed by atoms with Crippen molar-refractivity contribution in [2.75, 3.05) is 0 Å². The van der Waals surface area contributed by atoms with Crippen molar-refractivity contribution in [2.24, 2.45) is 0 Å². The zero-order valence-corrected chi connectivity index (χ0v) is 9.45. The average Bonchev–Trinajstić information content (AvgIpc) is 2.18. The van der Waals surface area contributed by atoms with E-state index in [2.05, 4.69) is 4.98 Å². The van der Waals surface area contributed by atoms with Gasteiger partial charge in [-0.3, -0.25) is 4.98 Å². The maximum absolute atomic E-state index is 6.07. The van der Waals surface area contributed by atoms with E-state index < -0.39 is 0 Å². The van der Waals surface area contributed by atoms with Crippen LogP contribution in [-0.4, -0.2) is 11.1 Å². The van der Waals surface area contributed by atoms with E-state index in [0.717, 1.165) is 16.7 Å². The summed E-state index contributed by atoms with van der Waals surface area (Å²) in [5.41, 5.74) is 0.888. The summed E-state index contributed by atoms with van der Waals surface area (Å²) in [7, 11) is 0. The molecule has 2 rings (SSSR count). The fourth-order valence-electron chi connectivity index (χ4n) is 1.44. The van der Waals surface area contributed by atoms with Gasteiger partial charge >= 0.3 is 0 Å². The first-order valence-corrected chi connectivity index (χ1v) is 5.25. The average molecular weight is 222 g/mol. The number of nitrogens with zero attached hydrogens (tertiary/aromatic N) is 1. The van der Waals surface area contributed by atoms with Gasteiger partial charge in [-0.2, -0.15) is 0 Å². The second-order valence-electron chi connectivity index (χ2n) is 3.64. The molecular weight excluding hydrogens is 210 g/mol. The molecule has 0 bridgehead atoms. The molecule has 0 spiro atoms. The Hall–Kier alpha value is -1.28. The summed E-state index contributed by atoms with van der Waals surface area (Å²) < 4.78 is 5.59. The van der Waals surface area contributed by atoms with Crippen LogP contribution in [0.1, 0.15) is 13.8 Å². The van der Waals surface area contributed by atoms with E-state index in [0.29, 0.717) is 5.02 Å². The van der Waals surface area contributed by atoms with Gasteiger partial charge in [0.05, 0.1) is 16.6 Å². The van der Waals surface area contributed by atoms with E-state index in [9.17, 15) is 0 Å². The van der Waals surface area contributed by atoms with Crippen LogP contribution in [0.15, 0.2) is 30.5 Å². The monoisotopic (exact) mass is 221 g/mol. The highest BCUT2D eigenvalue weighted by Crippen LogP contribution is 2.26. The number of hydrogen-bond acceptors (Lipinski definition) is 2. The molecule has 3 heteroatoms. The number of ether oxygens (including phenoxy) is 1. The van der Waals surface area contributed by atoms with E-state index in [4.69, 9.17) is 16.3 Å². The number of aromatic nitrogens is 1. The van der Waals surface area contributed by atoms with Gasteiger partial charge in [-0.1, -0.05) is 11.6 Å². The van der Waals surface area contributed by atoms with Crippen LogP contribution in [0.25, 0.3) is 10.9 Å². The van der Waals surface area contributed by atoms with Crippen molar-refractivity contribution in [2.45, 2.75) is 20.0 Å². The summed E-state index contributed by atoms with van der Waals surface area (Å²) in [6.45, 7) is 3.99. The van der Waals surface area contributed by atoms with Crippen molar-refractivity contribution in [3.63, 3.8) is 0 Å². The van der Waals surface area contributed by atoms with Crippen LogP contribution in [0.4, 0.5) is 0 Å². The van der Waals surface area contributed by atoms with Gasteiger partial charge in [-0.25, -0.2) is 0 Å². The number of fused-ring (bicyclic) bond motifs is 1. The molecule has 0 atom stereocenters. The minimum Gasteiger partial charge on any atom is -0.491 e. The summed E-state index contributed by atoms with van der Waals surface area (Å²) in [4.78, 5) is 4.22. The van der Waals surface area contributed by atoms with E-state index in [1.807, 2.05) is 32.0 Å². The number of hydrogen-bond donors (Lipinski definition) is 0. The Morgan fingerprint density at radius 1 is 1.27 bits per heavy atom. The normalized spacial score (nSPS) is 10.9. The fraction of sp³-hybridized carbons (Fsp3) is 0.250. The summed E-state index contributed by atoms with van der Waals surface area (Å²) in [6.07, 6.45) is 1.87. The SMILES string of the molecule is CC(C)Oc1ccc2nccc(Cl)c2c1. The highest BCUT2D eigenvalue weighted by atomic mass is 35.5. The van der Waals surface area contributed by atoms with Crippen LogP contribution < -0.4 is 4.74 Å². The molecular formula is C12H12ClNO. The maximum atomic E-state index is 6.07. The zero-order valence-electron chi connectivity index (χ0n) is 8.70. The summed E-state index contributed by atoms with van der Waals surface area (Å²) in [6, 6.07) is 7.53. The Balaban J connectivity index is 2.50. The Kier molecular flexibility index (Phi) is 2.78. The van der Waals surface area contributed by atoms with Gasteiger partial charge in [0, 0.05) is 11.6 Å². The van der Waals surface area contributed by atoms with Crippen LogP contribution in [0.5, 0.6) is 5.75 Å². The summed E-state index contributed by atoms with van der Waals surface area (Å²) in [5, 5.41) is 1.63. The molecule has 0 amide bonds. The molecule has 0 aliphatic heterocycles. The quantitative estimate of drug-likeness (QED) is 0.772. The van der Waals surface area contributed by atoms with Crippen LogP contribution in [0, 0.1) is 0 Å². The number of pyridine rings is 1. The van der Waals surface area contributed by atoms with Crippen molar-refractivity contribution in [1.82, 2.24) is 4.98 Å². The lowest BCUT2D eigenvalue weighted by Crippen LogP contribution is -2.05. The van der Waals surface area contributed by atoms with Crippen molar-refractivity contribution >= 4 is 22.5 Å². The molecule has 1 aromatic heterocycles. The summed E-state index contributed by atoms with van der Waals surface area (Å²) in [5.74, 6) is 0.826. The third-order valence-corrected chi connectivity index (χ3v) is 2.36. The molecule has 78 valence electrons. The first-order valence-electron chi connectivity index (χ1n) is 4.88. The molecule has 0 saturated carbocycles. The second-order valence-corrected chi connectivity index (χ2v) is 4.05. The van der Waals surface area contributed by atoms with E-state index in [1.54, 1.807) is 12.3 Å². The van der Waals surface area contributed by atoms with E-state index >= 15 is 0 Å². The van der Waals surface area contributed by atoms with Crippen molar-refractivity contribution < 1.29 is 4.74 Å². The van der Waals surface area contributed by atoms with Crippen LogP contribution in [0.3, 0.4) is 0 Å². The molecule has 0 radical (unpaired) electrons. The topological polar surface area (TPSA) is 22.1 Å². The molecule has 0 saturated heterocycles. The fourth-order valence-corrected chi connectivity index (χ4v) is 1.64. The predicted octanol–water partition coefficient (Wildman–Crippen LogP) is 3.68. The van der Waals surface area contributed by atoms with Gasteiger partial charge in [-0.15, -0.1) is 0 Å². The number of rotatable bonds is 2. The van der Waals surface area contributed by atoms with E-state index in [1.165, 1.54) is 0 Å². The molecule has 2 aromatic rings. The standard InChI is InChI=1S/C12H12ClNO/c1-8(2)15-9-3-4-12-10(7-9)11(13)5-6-14-12/h3-8H,1-2H3. The Labute approximate surface area is 93.8 Å². The van der Waals surface area contributed by atoms with Gasteiger partial charge in [0.2, 0.25) is 0 Å². The first-order chi connectivity index (χ1) is 7.16. The zero-order chi connectivity index (χ0) is 10.8. The Morgan fingerprint density at radius 3 is 2.80 bits per heavy atom. The minimum atomic E-state index is 0.165. The predicted molar refractivity (Wildman–Crippen MR) is 62.5 cm³/mol. The third kappa shape index (κ3) is 2.21.